The minimum atomic E-state index is -0.606. The van der Waals surface area contributed by atoms with Gasteiger partial charge in [0.05, 0.1) is 18.2 Å². The number of nitrogens with one attached hydrogen (secondary N) is 1. The number of rotatable bonds is 4. The largest absolute Gasteiger partial charge is 0.399 e. The third-order valence-electron chi connectivity index (χ3n) is 3.21. The van der Waals surface area contributed by atoms with Gasteiger partial charge in [-0.15, -0.1) is 0 Å². The Bertz CT molecular complexity index is 644. The predicted octanol–water partition coefficient (Wildman–Crippen LogP) is 2.18. The van der Waals surface area contributed by atoms with Crippen LogP contribution in [0, 0.1) is 12.7 Å². The Hall–Kier alpha value is -2.40. The second kappa shape index (κ2) is 6.37. The van der Waals surface area contributed by atoms with Gasteiger partial charge in [-0.1, -0.05) is 30.3 Å². The molecule has 0 saturated heterocycles. The highest BCUT2D eigenvalue weighted by molar-refractivity contribution is 5.95. The molecule has 2 rings (SSSR count). The molecule has 0 heterocycles. The maximum Gasteiger partial charge on any atom is 0.254 e. The number of nitrogens with two attached hydrogens (primary N) is 1. The number of benzene rings is 2. The van der Waals surface area contributed by atoms with Crippen LogP contribution in [0.1, 0.15) is 27.5 Å². The number of anilines is 1. The molecule has 21 heavy (non-hydrogen) atoms. The highest BCUT2D eigenvalue weighted by atomic mass is 19.1. The molecule has 0 aliphatic carbocycles. The number of halogens is 1. The van der Waals surface area contributed by atoms with E-state index in [1.165, 1.54) is 12.1 Å². The SMILES string of the molecule is Cc1cc(N)cc(C(=O)NC(CO)c2ccccc2)c1F. The number of aliphatic hydroxyl groups is 1. The molecule has 0 saturated carbocycles. The number of amides is 1. The second-order valence-corrected chi connectivity index (χ2v) is 4.82. The van der Waals surface area contributed by atoms with Crippen LogP contribution in [0.15, 0.2) is 42.5 Å². The van der Waals surface area contributed by atoms with Crippen molar-refractivity contribution in [2.24, 2.45) is 0 Å². The summed E-state index contributed by atoms with van der Waals surface area (Å²) in [5.41, 5.74) is 6.89. The monoisotopic (exact) mass is 288 g/mol. The number of carbonyl (C=O) groups excluding carboxylic acids is 1. The number of hydrogen-bond donors (Lipinski definition) is 3. The summed E-state index contributed by atoms with van der Waals surface area (Å²) in [4.78, 5) is 12.2. The summed E-state index contributed by atoms with van der Waals surface area (Å²) < 4.78 is 14.0. The van der Waals surface area contributed by atoms with Gasteiger partial charge in [-0.3, -0.25) is 4.79 Å². The zero-order valence-corrected chi connectivity index (χ0v) is 11.6. The van der Waals surface area contributed by atoms with E-state index in [0.717, 1.165) is 5.56 Å². The Kier molecular flexibility index (Phi) is 4.55. The molecule has 0 aliphatic rings. The molecule has 4 nitrogen and oxygen atoms in total. The van der Waals surface area contributed by atoms with Crippen LogP contribution in [0.3, 0.4) is 0 Å². The third kappa shape index (κ3) is 3.38. The standard InChI is InChI=1S/C16H17FN2O2/c1-10-7-12(18)8-13(15(10)17)16(21)19-14(9-20)11-5-3-2-4-6-11/h2-8,14,20H,9,18H2,1H3,(H,19,21). The number of hydrogen-bond acceptors (Lipinski definition) is 3. The molecular formula is C16H17FN2O2. The van der Waals surface area contributed by atoms with E-state index in [4.69, 9.17) is 5.73 Å². The first-order chi connectivity index (χ1) is 10.0. The van der Waals surface area contributed by atoms with Crippen LogP contribution >= 0.6 is 0 Å². The van der Waals surface area contributed by atoms with Gasteiger partial charge in [0.15, 0.2) is 0 Å². The molecule has 0 bridgehead atoms. The lowest BCUT2D eigenvalue weighted by Gasteiger charge is -2.17. The summed E-state index contributed by atoms with van der Waals surface area (Å²) in [6, 6.07) is 11.2. The van der Waals surface area contributed by atoms with E-state index in [-0.39, 0.29) is 12.2 Å². The molecule has 110 valence electrons. The van der Waals surface area contributed by atoms with Crippen molar-refractivity contribution in [3.63, 3.8) is 0 Å². The van der Waals surface area contributed by atoms with Crippen molar-refractivity contribution >= 4 is 11.6 Å². The average Bonchev–Trinajstić information content (AvgIpc) is 2.49. The normalized spacial score (nSPS) is 12.0. The fraction of sp³-hybridized carbons (Fsp3) is 0.188. The summed E-state index contributed by atoms with van der Waals surface area (Å²) in [5, 5.41) is 12.0. The highest BCUT2D eigenvalue weighted by Gasteiger charge is 2.19. The van der Waals surface area contributed by atoms with Gasteiger partial charge < -0.3 is 16.2 Å². The van der Waals surface area contributed by atoms with E-state index in [2.05, 4.69) is 5.32 Å². The van der Waals surface area contributed by atoms with Gasteiger partial charge >= 0.3 is 0 Å². The summed E-state index contributed by atoms with van der Waals surface area (Å²) in [6.07, 6.45) is 0. The summed E-state index contributed by atoms with van der Waals surface area (Å²) in [5.74, 6) is -1.21. The molecule has 1 atom stereocenters. The smallest absolute Gasteiger partial charge is 0.254 e. The van der Waals surface area contributed by atoms with E-state index in [1.54, 1.807) is 31.2 Å². The van der Waals surface area contributed by atoms with Gasteiger partial charge in [-0.2, -0.15) is 0 Å². The fourth-order valence-corrected chi connectivity index (χ4v) is 2.12. The second-order valence-electron chi connectivity index (χ2n) is 4.82. The number of aryl methyl sites for hydroxylation is 1. The molecule has 0 fully saturated rings. The van der Waals surface area contributed by atoms with E-state index in [1.807, 2.05) is 6.07 Å². The van der Waals surface area contributed by atoms with E-state index in [0.29, 0.717) is 11.3 Å². The molecule has 4 N–H and O–H groups in total. The van der Waals surface area contributed by atoms with E-state index < -0.39 is 17.8 Å². The molecular weight excluding hydrogens is 271 g/mol. The third-order valence-corrected chi connectivity index (χ3v) is 3.21. The van der Waals surface area contributed by atoms with Crippen molar-refractivity contribution in [2.75, 3.05) is 12.3 Å². The van der Waals surface area contributed by atoms with Gasteiger partial charge in [-0.25, -0.2) is 4.39 Å². The number of carbonyl (C=O) groups is 1. The summed E-state index contributed by atoms with van der Waals surface area (Å²) in [6.45, 7) is 1.27. The number of nitrogen functional groups attached to an aromatic ring is 1. The first kappa shape index (κ1) is 15.0. The van der Waals surface area contributed by atoms with E-state index in [9.17, 15) is 14.3 Å². The van der Waals surface area contributed by atoms with Crippen LogP contribution in [0.2, 0.25) is 0 Å². The van der Waals surface area contributed by atoms with Gasteiger partial charge in [-0.05, 0) is 30.2 Å². The molecule has 0 spiro atoms. The maximum atomic E-state index is 14.0. The van der Waals surface area contributed by atoms with Crippen molar-refractivity contribution < 1.29 is 14.3 Å². The molecule has 5 heteroatoms. The molecule has 1 unspecified atom stereocenters. The zero-order chi connectivity index (χ0) is 15.4. The molecule has 0 aliphatic heterocycles. The van der Waals surface area contributed by atoms with Crippen molar-refractivity contribution in [1.82, 2.24) is 5.32 Å². The minimum absolute atomic E-state index is 0.123. The van der Waals surface area contributed by atoms with Gasteiger partial charge in [0.2, 0.25) is 0 Å². The fourth-order valence-electron chi connectivity index (χ4n) is 2.12. The van der Waals surface area contributed by atoms with Crippen LogP contribution in [-0.4, -0.2) is 17.6 Å². The minimum Gasteiger partial charge on any atom is -0.399 e. The van der Waals surface area contributed by atoms with Crippen molar-refractivity contribution in [2.45, 2.75) is 13.0 Å². The first-order valence-corrected chi connectivity index (χ1v) is 6.55. The highest BCUT2D eigenvalue weighted by Crippen LogP contribution is 2.19. The van der Waals surface area contributed by atoms with Gasteiger partial charge in [0, 0.05) is 5.69 Å². The maximum absolute atomic E-state index is 14.0. The molecule has 0 aromatic heterocycles. The van der Waals surface area contributed by atoms with Crippen LogP contribution in [0.4, 0.5) is 10.1 Å². The quantitative estimate of drug-likeness (QED) is 0.755. The Morgan fingerprint density at radius 1 is 1.33 bits per heavy atom. The van der Waals surface area contributed by atoms with Crippen molar-refractivity contribution in [1.29, 1.82) is 0 Å². The van der Waals surface area contributed by atoms with Crippen molar-refractivity contribution in [3.05, 3.63) is 65.0 Å². The van der Waals surface area contributed by atoms with Crippen LogP contribution in [-0.2, 0) is 0 Å². The van der Waals surface area contributed by atoms with Crippen LogP contribution in [0.25, 0.3) is 0 Å². The number of aliphatic hydroxyl groups excluding tert-OH is 1. The average molecular weight is 288 g/mol. The topological polar surface area (TPSA) is 75.4 Å². The Labute approximate surface area is 122 Å². The van der Waals surface area contributed by atoms with Gasteiger partial charge in [0.25, 0.3) is 5.91 Å². The first-order valence-electron chi connectivity index (χ1n) is 6.55. The van der Waals surface area contributed by atoms with Crippen molar-refractivity contribution in [3.8, 4) is 0 Å². The molecule has 1 amide bonds. The Morgan fingerprint density at radius 2 is 2.00 bits per heavy atom. The van der Waals surface area contributed by atoms with E-state index >= 15 is 0 Å². The summed E-state index contributed by atoms with van der Waals surface area (Å²) in [7, 11) is 0. The lowest BCUT2D eigenvalue weighted by Crippen LogP contribution is -2.31. The Morgan fingerprint density at radius 3 is 2.62 bits per heavy atom. The lowest BCUT2D eigenvalue weighted by molar-refractivity contribution is 0.0912. The molecule has 0 radical (unpaired) electrons. The molecule has 2 aromatic rings. The Balaban J connectivity index is 2.25. The lowest BCUT2D eigenvalue weighted by atomic mass is 10.1. The predicted molar refractivity (Wildman–Crippen MR) is 79.3 cm³/mol. The molecule has 2 aromatic carbocycles. The van der Waals surface area contributed by atoms with Crippen LogP contribution in [0.5, 0.6) is 0 Å². The van der Waals surface area contributed by atoms with Crippen LogP contribution < -0.4 is 11.1 Å². The van der Waals surface area contributed by atoms with Gasteiger partial charge in [0.1, 0.15) is 5.82 Å². The zero-order valence-electron chi connectivity index (χ0n) is 11.6. The summed E-state index contributed by atoms with van der Waals surface area (Å²) >= 11 is 0.